The Kier molecular flexibility index (Phi) is 6.24. The average Bonchev–Trinajstić information content (AvgIpc) is 2.43. The minimum absolute atomic E-state index is 0.0251. The van der Waals surface area contributed by atoms with Crippen LogP contribution in [-0.2, 0) is 10.0 Å². The van der Waals surface area contributed by atoms with Crippen molar-refractivity contribution in [3.8, 4) is 0 Å². The van der Waals surface area contributed by atoms with Gasteiger partial charge in [-0.05, 0) is 31.4 Å². The highest BCUT2D eigenvalue weighted by molar-refractivity contribution is 7.89. The molecule has 0 unspecified atom stereocenters. The number of rotatable bonds is 8. The first kappa shape index (κ1) is 15.9. The summed E-state index contributed by atoms with van der Waals surface area (Å²) in [4.78, 5) is 4.32. The molecule has 0 aliphatic rings. The van der Waals surface area contributed by atoms with Crippen molar-refractivity contribution in [3.05, 3.63) is 18.3 Å². The van der Waals surface area contributed by atoms with Crippen molar-refractivity contribution in [3.63, 3.8) is 0 Å². The highest BCUT2D eigenvalue weighted by Crippen LogP contribution is 2.12. The van der Waals surface area contributed by atoms with Crippen LogP contribution in [0.25, 0.3) is 0 Å². The SMILES string of the molecule is CCCNc1ccc(S(=O)(=O)NC(CC)CC)cn1. The molecule has 19 heavy (non-hydrogen) atoms. The summed E-state index contributed by atoms with van der Waals surface area (Å²) < 4.78 is 26.9. The Morgan fingerprint density at radius 1 is 1.21 bits per heavy atom. The van der Waals surface area contributed by atoms with Crippen molar-refractivity contribution >= 4 is 15.8 Å². The standard InChI is InChI=1S/C13H23N3O2S/c1-4-9-14-13-8-7-12(10-15-13)19(17,18)16-11(5-2)6-3/h7-8,10-11,16H,4-6,9H2,1-3H3,(H,14,15). The maximum atomic E-state index is 12.1. The number of sulfonamides is 1. The molecule has 1 heterocycles. The quantitative estimate of drug-likeness (QED) is 0.769. The van der Waals surface area contributed by atoms with Gasteiger partial charge in [0.05, 0.1) is 0 Å². The predicted molar refractivity (Wildman–Crippen MR) is 77.7 cm³/mol. The monoisotopic (exact) mass is 285 g/mol. The minimum atomic E-state index is -3.46. The maximum Gasteiger partial charge on any atom is 0.242 e. The highest BCUT2D eigenvalue weighted by Gasteiger charge is 2.18. The van der Waals surface area contributed by atoms with Gasteiger partial charge in [-0.2, -0.15) is 0 Å². The van der Waals surface area contributed by atoms with Crippen LogP contribution in [0.4, 0.5) is 5.82 Å². The number of hydrogen-bond donors (Lipinski definition) is 2. The Balaban J connectivity index is 2.78. The molecule has 0 aliphatic carbocycles. The van der Waals surface area contributed by atoms with Gasteiger partial charge in [0, 0.05) is 18.8 Å². The van der Waals surface area contributed by atoms with E-state index in [1.54, 1.807) is 12.1 Å². The molecule has 1 aromatic heterocycles. The fraction of sp³-hybridized carbons (Fsp3) is 0.615. The lowest BCUT2D eigenvalue weighted by Gasteiger charge is -2.15. The number of aromatic nitrogens is 1. The van der Waals surface area contributed by atoms with Crippen molar-refractivity contribution in [1.82, 2.24) is 9.71 Å². The van der Waals surface area contributed by atoms with E-state index in [1.807, 2.05) is 13.8 Å². The summed E-state index contributed by atoms with van der Waals surface area (Å²) in [5.41, 5.74) is 0. The molecular formula is C13H23N3O2S. The number of nitrogens with one attached hydrogen (secondary N) is 2. The lowest BCUT2D eigenvalue weighted by Crippen LogP contribution is -2.33. The van der Waals surface area contributed by atoms with Crippen LogP contribution < -0.4 is 10.0 Å². The molecule has 0 bridgehead atoms. The van der Waals surface area contributed by atoms with Crippen LogP contribution in [0.5, 0.6) is 0 Å². The molecular weight excluding hydrogens is 262 g/mol. The van der Waals surface area contributed by atoms with Crippen LogP contribution in [0.15, 0.2) is 23.2 Å². The lowest BCUT2D eigenvalue weighted by molar-refractivity contribution is 0.530. The van der Waals surface area contributed by atoms with Crippen molar-refractivity contribution in [1.29, 1.82) is 0 Å². The zero-order valence-electron chi connectivity index (χ0n) is 11.8. The molecule has 0 aromatic carbocycles. The van der Waals surface area contributed by atoms with Crippen LogP contribution >= 0.6 is 0 Å². The summed E-state index contributed by atoms with van der Waals surface area (Å²) in [6.45, 7) is 6.82. The van der Waals surface area contributed by atoms with Gasteiger partial charge in [0.25, 0.3) is 0 Å². The van der Waals surface area contributed by atoms with Gasteiger partial charge >= 0.3 is 0 Å². The lowest BCUT2D eigenvalue weighted by atomic mass is 10.2. The third-order valence-corrected chi connectivity index (χ3v) is 4.42. The molecule has 5 nitrogen and oxygen atoms in total. The Hall–Kier alpha value is -1.14. The van der Waals surface area contributed by atoms with Gasteiger partial charge < -0.3 is 5.32 Å². The molecule has 0 aliphatic heterocycles. The molecule has 0 amide bonds. The summed E-state index contributed by atoms with van der Waals surface area (Å²) in [6, 6.07) is 3.25. The molecule has 0 saturated carbocycles. The van der Waals surface area contributed by atoms with E-state index in [0.717, 1.165) is 25.8 Å². The van der Waals surface area contributed by atoms with Gasteiger partial charge in [0.1, 0.15) is 10.7 Å². The molecule has 2 N–H and O–H groups in total. The van der Waals surface area contributed by atoms with Crippen LogP contribution in [-0.4, -0.2) is 26.0 Å². The average molecular weight is 285 g/mol. The summed E-state index contributed by atoms with van der Waals surface area (Å²) in [5.74, 6) is 0.698. The Morgan fingerprint density at radius 3 is 2.37 bits per heavy atom. The van der Waals surface area contributed by atoms with E-state index in [2.05, 4.69) is 21.9 Å². The van der Waals surface area contributed by atoms with Crippen LogP contribution in [0.3, 0.4) is 0 Å². The number of nitrogens with zero attached hydrogens (tertiary/aromatic N) is 1. The zero-order valence-corrected chi connectivity index (χ0v) is 12.6. The topological polar surface area (TPSA) is 71.1 Å². The molecule has 0 radical (unpaired) electrons. The number of pyridine rings is 1. The van der Waals surface area contributed by atoms with E-state index < -0.39 is 10.0 Å². The molecule has 0 atom stereocenters. The van der Waals surface area contributed by atoms with Gasteiger partial charge in [-0.3, -0.25) is 0 Å². The van der Waals surface area contributed by atoms with Gasteiger partial charge in [-0.15, -0.1) is 0 Å². The minimum Gasteiger partial charge on any atom is -0.370 e. The number of hydrogen-bond acceptors (Lipinski definition) is 4. The first-order chi connectivity index (χ1) is 9.03. The summed E-state index contributed by atoms with van der Waals surface area (Å²) in [7, 11) is -3.46. The van der Waals surface area contributed by atoms with Gasteiger partial charge in [0.2, 0.25) is 10.0 Å². The summed E-state index contributed by atoms with van der Waals surface area (Å²) >= 11 is 0. The van der Waals surface area contributed by atoms with Gasteiger partial charge in [0.15, 0.2) is 0 Å². The normalized spacial score (nSPS) is 11.8. The maximum absolute atomic E-state index is 12.1. The third-order valence-electron chi connectivity index (χ3n) is 2.91. The Morgan fingerprint density at radius 2 is 1.89 bits per heavy atom. The van der Waals surface area contributed by atoms with Crippen molar-refractivity contribution in [2.24, 2.45) is 0 Å². The molecule has 108 valence electrons. The number of anilines is 1. The summed E-state index contributed by atoms with van der Waals surface area (Å²) in [5, 5.41) is 3.11. The van der Waals surface area contributed by atoms with E-state index in [4.69, 9.17) is 0 Å². The zero-order chi connectivity index (χ0) is 14.3. The third kappa shape index (κ3) is 4.80. The van der Waals surface area contributed by atoms with Crippen LogP contribution in [0.2, 0.25) is 0 Å². The van der Waals surface area contributed by atoms with E-state index in [1.165, 1.54) is 6.20 Å². The second kappa shape index (κ2) is 7.45. The van der Waals surface area contributed by atoms with Crippen molar-refractivity contribution < 1.29 is 8.42 Å². The first-order valence-corrected chi connectivity index (χ1v) is 8.24. The Labute approximate surface area is 115 Å². The molecule has 0 saturated heterocycles. The predicted octanol–water partition coefficient (Wildman–Crippen LogP) is 2.37. The summed E-state index contributed by atoms with van der Waals surface area (Å²) in [6.07, 6.45) is 3.94. The molecule has 1 aromatic rings. The second-order valence-corrected chi connectivity index (χ2v) is 6.15. The van der Waals surface area contributed by atoms with Crippen LogP contribution in [0, 0.1) is 0 Å². The molecule has 0 fully saturated rings. The Bertz CT molecular complexity index is 467. The van der Waals surface area contributed by atoms with Crippen molar-refractivity contribution in [2.75, 3.05) is 11.9 Å². The first-order valence-electron chi connectivity index (χ1n) is 6.75. The molecule has 1 rings (SSSR count). The van der Waals surface area contributed by atoms with Crippen molar-refractivity contribution in [2.45, 2.75) is 51.0 Å². The fourth-order valence-electron chi connectivity index (χ4n) is 1.64. The highest BCUT2D eigenvalue weighted by atomic mass is 32.2. The van der Waals surface area contributed by atoms with Gasteiger partial charge in [-0.25, -0.2) is 18.1 Å². The van der Waals surface area contributed by atoms with Gasteiger partial charge in [-0.1, -0.05) is 20.8 Å². The molecule has 0 spiro atoms. The molecule has 6 heteroatoms. The fourth-order valence-corrected chi connectivity index (χ4v) is 2.99. The van der Waals surface area contributed by atoms with E-state index in [9.17, 15) is 8.42 Å². The van der Waals surface area contributed by atoms with E-state index >= 15 is 0 Å². The van der Waals surface area contributed by atoms with Crippen LogP contribution in [0.1, 0.15) is 40.0 Å². The van der Waals surface area contributed by atoms with E-state index in [0.29, 0.717) is 5.82 Å². The largest absolute Gasteiger partial charge is 0.370 e. The van der Waals surface area contributed by atoms with E-state index in [-0.39, 0.29) is 10.9 Å². The second-order valence-electron chi connectivity index (χ2n) is 4.44. The smallest absolute Gasteiger partial charge is 0.242 e.